The molecule has 6 heteroatoms. The molecule has 3 rings (SSSR count). The van der Waals surface area contributed by atoms with Crippen LogP contribution in [0, 0.1) is 6.92 Å². The summed E-state index contributed by atoms with van der Waals surface area (Å²) in [7, 11) is 0. The van der Waals surface area contributed by atoms with Gasteiger partial charge in [-0.3, -0.25) is 0 Å². The summed E-state index contributed by atoms with van der Waals surface area (Å²) in [5, 5.41) is 15.4. The van der Waals surface area contributed by atoms with E-state index in [4.69, 9.17) is 11.6 Å². The van der Waals surface area contributed by atoms with Gasteiger partial charge in [0, 0.05) is 16.8 Å². The summed E-state index contributed by atoms with van der Waals surface area (Å²) in [6, 6.07) is 6.18. The molecule has 2 N–H and O–H groups in total. The number of nitrogens with zero attached hydrogens (tertiary/aromatic N) is 3. The summed E-state index contributed by atoms with van der Waals surface area (Å²) in [5.41, 5.74) is 1.97. The third-order valence-corrected chi connectivity index (χ3v) is 4.20. The zero-order valence-corrected chi connectivity index (χ0v) is 13.4. The van der Waals surface area contributed by atoms with E-state index >= 15 is 0 Å². The van der Waals surface area contributed by atoms with Gasteiger partial charge in [0.25, 0.3) is 0 Å². The molecule has 1 aromatic carbocycles. The first-order chi connectivity index (χ1) is 10.7. The predicted molar refractivity (Wildman–Crippen MR) is 89.8 cm³/mol. The van der Waals surface area contributed by atoms with E-state index in [0.29, 0.717) is 17.0 Å². The second-order valence-corrected chi connectivity index (χ2v) is 6.17. The number of aromatic nitrogens is 3. The highest BCUT2D eigenvalue weighted by Crippen LogP contribution is 2.24. The van der Waals surface area contributed by atoms with Crippen molar-refractivity contribution in [1.29, 1.82) is 0 Å². The monoisotopic (exact) mass is 317 g/mol. The largest absolute Gasteiger partial charge is 0.366 e. The minimum Gasteiger partial charge on any atom is -0.366 e. The van der Waals surface area contributed by atoms with Gasteiger partial charge < -0.3 is 10.6 Å². The lowest BCUT2D eigenvalue weighted by molar-refractivity contribution is 0.461. The Hall–Kier alpha value is -1.88. The maximum Gasteiger partial charge on any atom is 0.249 e. The van der Waals surface area contributed by atoms with Gasteiger partial charge >= 0.3 is 0 Å². The lowest BCUT2D eigenvalue weighted by atomic mass is 9.96. The van der Waals surface area contributed by atoms with Crippen LogP contribution in [0.15, 0.2) is 24.4 Å². The van der Waals surface area contributed by atoms with E-state index in [1.54, 1.807) is 6.20 Å². The molecule has 1 aliphatic carbocycles. The molecule has 22 heavy (non-hydrogen) atoms. The smallest absolute Gasteiger partial charge is 0.249 e. The second-order valence-electron chi connectivity index (χ2n) is 5.73. The van der Waals surface area contributed by atoms with Crippen LogP contribution in [0.4, 0.5) is 17.5 Å². The summed E-state index contributed by atoms with van der Waals surface area (Å²) in [4.78, 5) is 4.49. The van der Waals surface area contributed by atoms with Crippen LogP contribution in [-0.4, -0.2) is 21.2 Å². The molecule has 1 fully saturated rings. The number of benzene rings is 1. The normalized spacial score (nSPS) is 15.5. The fourth-order valence-electron chi connectivity index (χ4n) is 2.73. The minimum absolute atomic E-state index is 0.478. The molecular formula is C16H20ClN5. The molecule has 0 atom stereocenters. The summed E-state index contributed by atoms with van der Waals surface area (Å²) in [6.07, 6.45) is 7.96. The van der Waals surface area contributed by atoms with Gasteiger partial charge in [0.15, 0.2) is 5.82 Å². The highest BCUT2D eigenvalue weighted by atomic mass is 35.5. The van der Waals surface area contributed by atoms with E-state index in [1.165, 1.54) is 32.1 Å². The molecule has 1 heterocycles. The van der Waals surface area contributed by atoms with Crippen molar-refractivity contribution >= 4 is 29.1 Å². The molecule has 2 aromatic rings. The molecule has 1 aliphatic rings. The van der Waals surface area contributed by atoms with E-state index in [-0.39, 0.29) is 0 Å². The summed E-state index contributed by atoms with van der Waals surface area (Å²) in [5.74, 6) is 1.25. The van der Waals surface area contributed by atoms with Gasteiger partial charge in [-0.1, -0.05) is 36.9 Å². The first-order valence-electron chi connectivity index (χ1n) is 7.70. The van der Waals surface area contributed by atoms with Crippen molar-refractivity contribution in [3.63, 3.8) is 0 Å². The first kappa shape index (κ1) is 15.0. The van der Waals surface area contributed by atoms with Crippen molar-refractivity contribution in [2.24, 2.45) is 0 Å². The van der Waals surface area contributed by atoms with Gasteiger partial charge in [0.05, 0.1) is 6.20 Å². The van der Waals surface area contributed by atoms with E-state index in [9.17, 15) is 0 Å². The van der Waals surface area contributed by atoms with Crippen molar-refractivity contribution < 1.29 is 0 Å². The molecule has 5 nitrogen and oxygen atoms in total. The Kier molecular flexibility index (Phi) is 4.73. The lowest BCUT2D eigenvalue weighted by Gasteiger charge is -2.23. The van der Waals surface area contributed by atoms with Gasteiger partial charge in [0.2, 0.25) is 5.95 Å². The van der Waals surface area contributed by atoms with Crippen LogP contribution in [-0.2, 0) is 0 Å². The van der Waals surface area contributed by atoms with Crippen LogP contribution in [0.3, 0.4) is 0 Å². The van der Waals surface area contributed by atoms with Crippen LogP contribution < -0.4 is 10.6 Å². The van der Waals surface area contributed by atoms with Gasteiger partial charge in [-0.25, -0.2) is 0 Å². The number of hydrogen-bond acceptors (Lipinski definition) is 5. The number of rotatable bonds is 4. The van der Waals surface area contributed by atoms with Crippen LogP contribution in [0.25, 0.3) is 0 Å². The minimum atomic E-state index is 0.478. The molecule has 1 saturated carbocycles. The molecule has 0 radical (unpaired) electrons. The SMILES string of the molecule is Cc1ccc(Cl)cc1Nc1nncc(NC2CCCCC2)n1. The fourth-order valence-corrected chi connectivity index (χ4v) is 2.90. The fraction of sp³-hybridized carbons (Fsp3) is 0.438. The number of aryl methyl sites for hydroxylation is 1. The van der Waals surface area contributed by atoms with Gasteiger partial charge in [-0.2, -0.15) is 10.1 Å². The van der Waals surface area contributed by atoms with E-state index in [1.807, 2.05) is 25.1 Å². The topological polar surface area (TPSA) is 62.7 Å². The molecular weight excluding hydrogens is 298 g/mol. The molecule has 1 aromatic heterocycles. The number of anilines is 3. The Bertz CT molecular complexity index is 640. The average Bonchev–Trinajstić information content (AvgIpc) is 2.52. The Labute approximate surface area is 135 Å². The third kappa shape index (κ3) is 3.85. The highest BCUT2D eigenvalue weighted by molar-refractivity contribution is 6.30. The van der Waals surface area contributed by atoms with Gasteiger partial charge in [-0.05, 0) is 37.5 Å². The van der Waals surface area contributed by atoms with E-state index in [0.717, 1.165) is 17.1 Å². The third-order valence-electron chi connectivity index (χ3n) is 3.96. The van der Waals surface area contributed by atoms with Crippen molar-refractivity contribution in [1.82, 2.24) is 15.2 Å². The van der Waals surface area contributed by atoms with E-state index < -0.39 is 0 Å². The van der Waals surface area contributed by atoms with Crippen molar-refractivity contribution in [2.75, 3.05) is 10.6 Å². The van der Waals surface area contributed by atoms with Crippen LogP contribution in [0.1, 0.15) is 37.7 Å². The highest BCUT2D eigenvalue weighted by Gasteiger charge is 2.14. The summed E-state index contributed by atoms with van der Waals surface area (Å²) >= 11 is 6.03. The van der Waals surface area contributed by atoms with Gasteiger partial charge in [-0.15, -0.1) is 5.10 Å². The van der Waals surface area contributed by atoms with Crippen LogP contribution in [0.5, 0.6) is 0 Å². The summed E-state index contributed by atoms with van der Waals surface area (Å²) < 4.78 is 0. The Morgan fingerprint density at radius 3 is 2.82 bits per heavy atom. The average molecular weight is 318 g/mol. The molecule has 0 saturated heterocycles. The lowest BCUT2D eigenvalue weighted by Crippen LogP contribution is -2.23. The van der Waals surface area contributed by atoms with Crippen LogP contribution in [0.2, 0.25) is 5.02 Å². The number of nitrogens with one attached hydrogen (secondary N) is 2. The molecule has 116 valence electrons. The maximum absolute atomic E-state index is 6.03. The molecule has 0 bridgehead atoms. The molecule has 0 aliphatic heterocycles. The standard InChI is InChI=1S/C16H20ClN5/c1-11-7-8-12(17)9-14(11)20-16-21-15(10-18-22-16)19-13-5-3-2-4-6-13/h7-10,13H,2-6H2,1H3,(H2,19,20,21,22). The zero-order chi connectivity index (χ0) is 15.4. The zero-order valence-electron chi connectivity index (χ0n) is 12.6. The first-order valence-corrected chi connectivity index (χ1v) is 8.08. The second kappa shape index (κ2) is 6.92. The Morgan fingerprint density at radius 1 is 1.18 bits per heavy atom. The van der Waals surface area contributed by atoms with Gasteiger partial charge in [0.1, 0.15) is 0 Å². The quantitative estimate of drug-likeness (QED) is 0.879. The van der Waals surface area contributed by atoms with Crippen molar-refractivity contribution in [3.05, 3.63) is 35.0 Å². The van der Waals surface area contributed by atoms with Crippen molar-refractivity contribution in [3.8, 4) is 0 Å². The summed E-state index contributed by atoms with van der Waals surface area (Å²) in [6.45, 7) is 2.01. The Morgan fingerprint density at radius 2 is 2.00 bits per heavy atom. The van der Waals surface area contributed by atoms with Crippen LogP contribution >= 0.6 is 11.6 Å². The molecule has 0 unspecified atom stereocenters. The molecule has 0 amide bonds. The maximum atomic E-state index is 6.03. The predicted octanol–water partition coefficient (Wildman–Crippen LogP) is 4.32. The molecule has 0 spiro atoms. The van der Waals surface area contributed by atoms with Crippen molar-refractivity contribution in [2.45, 2.75) is 45.1 Å². The number of hydrogen-bond donors (Lipinski definition) is 2. The van der Waals surface area contributed by atoms with E-state index in [2.05, 4.69) is 25.8 Å². The number of halogens is 1. The Balaban J connectivity index is 1.71.